The second kappa shape index (κ2) is 5.63. The van der Waals surface area contributed by atoms with E-state index in [2.05, 4.69) is 17.1 Å². The van der Waals surface area contributed by atoms with E-state index in [0.717, 1.165) is 12.8 Å². The number of aryl methyl sites for hydroxylation is 3. The molecule has 1 aromatic heterocycles. The molecule has 0 amide bonds. The number of aromatic nitrogens is 3. The van der Waals surface area contributed by atoms with Crippen molar-refractivity contribution in [1.82, 2.24) is 15.0 Å². The molecule has 2 rings (SSSR count). The van der Waals surface area contributed by atoms with Crippen LogP contribution in [0.3, 0.4) is 0 Å². The Balaban J connectivity index is 2.30. The van der Waals surface area contributed by atoms with Gasteiger partial charge in [0.05, 0.1) is 6.54 Å². The lowest BCUT2D eigenvalue weighted by Crippen LogP contribution is -2.02. The summed E-state index contributed by atoms with van der Waals surface area (Å²) in [5, 5.41) is 8.54. The van der Waals surface area contributed by atoms with Crippen molar-refractivity contribution in [2.45, 2.75) is 53.0 Å². The summed E-state index contributed by atoms with van der Waals surface area (Å²) >= 11 is 0. The molecule has 0 unspecified atom stereocenters. The second-order valence-electron chi connectivity index (χ2n) is 4.93. The largest absolute Gasteiger partial charge is 0.203 e. The van der Waals surface area contributed by atoms with Crippen molar-refractivity contribution in [2.24, 2.45) is 0 Å². The van der Waals surface area contributed by atoms with Crippen LogP contribution >= 0.6 is 0 Å². The zero-order valence-corrected chi connectivity index (χ0v) is 11.6. The van der Waals surface area contributed by atoms with Gasteiger partial charge in [-0.1, -0.05) is 26.2 Å². The fraction of sp³-hybridized carbons (Fsp3) is 0.571. The quantitative estimate of drug-likeness (QED) is 0.769. The molecule has 19 heavy (non-hydrogen) atoms. The maximum Gasteiger partial charge on any atom is 0.164 e. The zero-order valence-electron chi connectivity index (χ0n) is 11.6. The van der Waals surface area contributed by atoms with Gasteiger partial charge in [0.2, 0.25) is 0 Å². The van der Waals surface area contributed by atoms with E-state index in [0.29, 0.717) is 17.6 Å². The highest BCUT2D eigenvalue weighted by atomic mass is 19.2. The van der Waals surface area contributed by atoms with E-state index in [1.807, 2.05) is 0 Å². The van der Waals surface area contributed by atoms with Crippen molar-refractivity contribution in [3.8, 4) is 0 Å². The van der Waals surface area contributed by atoms with Gasteiger partial charge in [-0.25, -0.2) is 8.78 Å². The molecule has 1 aromatic carbocycles. The first kappa shape index (κ1) is 13.9. The van der Waals surface area contributed by atoms with Gasteiger partial charge >= 0.3 is 0 Å². The minimum atomic E-state index is -0.817. The molecule has 0 radical (unpaired) electrons. The van der Waals surface area contributed by atoms with E-state index in [9.17, 15) is 8.78 Å². The van der Waals surface area contributed by atoms with E-state index in [4.69, 9.17) is 0 Å². The fourth-order valence-electron chi connectivity index (χ4n) is 2.17. The molecule has 0 saturated heterocycles. The van der Waals surface area contributed by atoms with Crippen molar-refractivity contribution in [3.63, 3.8) is 0 Å². The third kappa shape index (κ3) is 2.60. The monoisotopic (exact) mass is 267 g/mol. The third-order valence-electron chi connectivity index (χ3n) is 3.43. The number of hydrogen-bond acceptors (Lipinski definition) is 2. The Morgan fingerprint density at radius 1 is 0.895 bits per heavy atom. The number of fused-ring (bicyclic) bond motifs is 1. The molecule has 0 aliphatic carbocycles. The summed E-state index contributed by atoms with van der Waals surface area (Å²) < 4.78 is 27.3. The van der Waals surface area contributed by atoms with Crippen LogP contribution in [0.2, 0.25) is 0 Å². The van der Waals surface area contributed by atoms with Gasteiger partial charge in [0.25, 0.3) is 0 Å². The van der Waals surface area contributed by atoms with Crippen molar-refractivity contribution in [1.29, 1.82) is 0 Å². The Bertz CT molecular complexity index is 545. The Kier molecular flexibility index (Phi) is 4.12. The van der Waals surface area contributed by atoms with Crippen molar-refractivity contribution in [2.75, 3.05) is 0 Å². The summed E-state index contributed by atoms with van der Waals surface area (Å²) in [5.74, 6) is -1.63. The summed E-state index contributed by atoms with van der Waals surface area (Å²) in [4.78, 5) is 1.55. The SMILES string of the molecule is CCCCCCn1nc2c(C)c(F)c(F)c(C)c2n1. The standard InChI is InChI=1S/C14H19F2N3/c1-4-5-6-7-8-19-17-13-9(2)11(15)12(16)10(3)14(13)18-19/h4-8H2,1-3H3. The maximum absolute atomic E-state index is 13.6. The van der Waals surface area contributed by atoms with Gasteiger partial charge in [-0.15, -0.1) is 0 Å². The molecule has 0 aliphatic heterocycles. The summed E-state index contributed by atoms with van der Waals surface area (Å²) in [7, 11) is 0. The molecule has 2 aromatic rings. The smallest absolute Gasteiger partial charge is 0.164 e. The van der Waals surface area contributed by atoms with Crippen LogP contribution in [0.15, 0.2) is 0 Å². The molecule has 1 heterocycles. The predicted octanol–water partition coefficient (Wildman–Crippen LogP) is 3.91. The molecule has 104 valence electrons. The van der Waals surface area contributed by atoms with Gasteiger partial charge < -0.3 is 0 Å². The fourth-order valence-corrected chi connectivity index (χ4v) is 2.17. The number of rotatable bonds is 5. The lowest BCUT2D eigenvalue weighted by Gasteiger charge is -2.01. The average molecular weight is 267 g/mol. The summed E-state index contributed by atoms with van der Waals surface area (Å²) in [6, 6.07) is 0. The van der Waals surface area contributed by atoms with Gasteiger partial charge in [-0.05, 0) is 20.3 Å². The van der Waals surface area contributed by atoms with Gasteiger partial charge in [0.1, 0.15) is 11.0 Å². The van der Waals surface area contributed by atoms with Crippen LogP contribution in [0, 0.1) is 25.5 Å². The molecule has 0 aliphatic rings. The summed E-state index contributed by atoms with van der Waals surface area (Å²) in [5.41, 5.74) is 1.40. The Morgan fingerprint density at radius 2 is 1.42 bits per heavy atom. The van der Waals surface area contributed by atoms with Crippen molar-refractivity contribution < 1.29 is 8.78 Å². The van der Waals surface area contributed by atoms with Crippen LogP contribution in [0.5, 0.6) is 0 Å². The first-order chi connectivity index (χ1) is 9.06. The maximum atomic E-state index is 13.6. The first-order valence-electron chi connectivity index (χ1n) is 6.75. The van der Waals surface area contributed by atoms with Crippen LogP contribution in [0.4, 0.5) is 8.78 Å². The predicted molar refractivity (Wildman–Crippen MR) is 71.1 cm³/mol. The average Bonchev–Trinajstić information content (AvgIpc) is 2.83. The van der Waals surface area contributed by atoms with Gasteiger partial charge in [-0.2, -0.15) is 15.0 Å². The summed E-state index contributed by atoms with van der Waals surface area (Å²) in [6.45, 7) is 5.92. The van der Waals surface area contributed by atoms with Gasteiger partial charge in [0, 0.05) is 11.1 Å². The second-order valence-corrected chi connectivity index (χ2v) is 4.93. The van der Waals surface area contributed by atoms with Gasteiger partial charge in [0.15, 0.2) is 11.6 Å². The molecular formula is C14H19F2N3. The topological polar surface area (TPSA) is 30.7 Å². The van der Waals surface area contributed by atoms with Crippen molar-refractivity contribution in [3.05, 3.63) is 22.8 Å². The van der Waals surface area contributed by atoms with Crippen LogP contribution in [-0.4, -0.2) is 15.0 Å². The molecule has 5 heteroatoms. The van der Waals surface area contributed by atoms with E-state index < -0.39 is 11.6 Å². The minimum absolute atomic E-state index is 0.234. The van der Waals surface area contributed by atoms with E-state index >= 15 is 0 Å². The third-order valence-corrected chi connectivity index (χ3v) is 3.43. The lowest BCUT2D eigenvalue weighted by atomic mass is 10.1. The molecule has 0 fully saturated rings. The number of hydrogen-bond donors (Lipinski definition) is 0. The van der Waals surface area contributed by atoms with Crippen LogP contribution in [0.25, 0.3) is 11.0 Å². The van der Waals surface area contributed by atoms with Crippen LogP contribution < -0.4 is 0 Å². The first-order valence-corrected chi connectivity index (χ1v) is 6.75. The Hall–Kier alpha value is -1.52. The number of nitrogens with zero attached hydrogens (tertiary/aromatic N) is 3. The lowest BCUT2D eigenvalue weighted by molar-refractivity contribution is 0.495. The highest BCUT2D eigenvalue weighted by molar-refractivity contribution is 5.81. The Morgan fingerprint density at radius 3 is 1.89 bits per heavy atom. The molecular weight excluding hydrogens is 248 g/mol. The molecule has 0 saturated carbocycles. The number of unbranched alkanes of at least 4 members (excludes halogenated alkanes) is 3. The van der Waals surface area contributed by atoms with E-state index in [-0.39, 0.29) is 11.1 Å². The number of halogens is 2. The molecule has 0 atom stereocenters. The normalized spacial score (nSPS) is 11.4. The zero-order chi connectivity index (χ0) is 14.0. The molecule has 0 spiro atoms. The summed E-state index contributed by atoms with van der Waals surface area (Å²) in [6.07, 6.45) is 4.46. The van der Waals surface area contributed by atoms with E-state index in [1.165, 1.54) is 26.7 Å². The van der Waals surface area contributed by atoms with Crippen LogP contribution in [0.1, 0.15) is 43.7 Å². The Labute approximate surface area is 111 Å². The number of benzene rings is 1. The molecule has 0 bridgehead atoms. The van der Waals surface area contributed by atoms with Crippen LogP contribution in [-0.2, 0) is 6.54 Å². The van der Waals surface area contributed by atoms with Gasteiger partial charge in [-0.3, -0.25) is 0 Å². The molecule has 0 N–H and O–H groups in total. The van der Waals surface area contributed by atoms with E-state index in [1.54, 1.807) is 4.80 Å². The molecule has 3 nitrogen and oxygen atoms in total. The highest BCUT2D eigenvalue weighted by Gasteiger charge is 2.18. The minimum Gasteiger partial charge on any atom is -0.203 e. The highest BCUT2D eigenvalue weighted by Crippen LogP contribution is 2.25. The van der Waals surface area contributed by atoms with Crippen molar-refractivity contribution >= 4 is 11.0 Å².